The molecule has 0 aliphatic carbocycles. The average Bonchev–Trinajstić information content (AvgIpc) is 2.97. The third-order valence-corrected chi connectivity index (χ3v) is 4.48. The molecule has 3 rings (SSSR count). The van der Waals surface area contributed by atoms with Crippen LogP contribution in [0.15, 0.2) is 24.4 Å². The van der Waals surface area contributed by atoms with Gasteiger partial charge >= 0.3 is 12.1 Å². The number of nitrogens with zero attached hydrogens (tertiary/aromatic N) is 2. The van der Waals surface area contributed by atoms with Crippen molar-refractivity contribution in [1.82, 2.24) is 9.88 Å². The summed E-state index contributed by atoms with van der Waals surface area (Å²) >= 11 is 1.48. The number of aryl methyl sites for hydroxylation is 1. The monoisotopic (exact) mass is 348 g/mol. The quantitative estimate of drug-likeness (QED) is 0.480. The molecule has 7 nitrogen and oxygen atoms in total. The Labute approximate surface area is 142 Å². The molecule has 0 bridgehead atoms. The molecule has 2 heterocycles. The van der Waals surface area contributed by atoms with Crippen LogP contribution in [-0.4, -0.2) is 42.1 Å². The summed E-state index contributed by atoms with van der Waals surface area (Å²) in [5.41, 5.74) is 0.976. The van der Waals surface area contributed by atoms with Crippen LogP contribution in [0.25, 0.3) is 10.6 Å². The van der Waals surface area contributed by atoms with E-state index in [1.165, 1.54) is 29.4 Å². The van der Waals surface area contributed by atoms with Crippen molar-refractivity contribution in [2.75, 3.05) is 20.2 Å². The number of amides is 1. The van der Waals surface area contributed by atoms with E-state index in [1.807, 2.05) is 6.92 Å². The van der Waals surface area contributed by atoms with E-state index in [4.69, 9.17) is 14.5 Å². The highest BCUT2D eigenvalue weighted by Gasteiger charge is 2.23. The number of carbonyl (C=O) groups is 2. The van der Waals surface area contributed by atoms with Gasteiger partial charge in [-0.15, -0.1) is 11.3 Å². The SMILES string of the molecule is COC(=O)c1cc(OOC(=O)N2CCC2)cc(-c2ncc(C)s2)c1. The Morgan fingerprint density at radius 3 is 2.62 bits per heavy atom. The van der Waals surface area contributed by atoms with Gasteiger partial charge in [0.2, 0.25) is 0 Å². The summed E-state index contributed by atoms with van der Waals surface area (Å²) in [5.74, 6) is -0.279. The van der Waals surface area contributed by atoms with Crippen molar-refractivity contribution < 1.29 is 24.1 Å². The molecule has 1 aliphatic rings. The maximum Gasteiger partial charge on any atom is 0.452 e. The molecule has 1 aromatic heterocycles. The van der Waals surface area contributed by atoms with Crippen LogP contribution in [-0.2, 0) is 9.62 Å². The molecule has 8 heteroatoms. The third-order valence-electron chi connectivity index (χ3n) is 3.52. The van der Waals surface area contributed by atoms with Gasteiger partial charge in [-0.1, -0.05) is 0 Å². The zero-order chi connectivity index (χ0) is 17.1. The van der Waals surface area contributed by atoms with Crippen molar-refractivity contribution in [2.45, 2.75) is 13.3 Å². The van der Waals surface area contributed by atoms with Crippen LogP contribution in [0.4, 0.5) is 4.79 Å². The van der Waals surface area contributed by atoms with E-state index in [1.54, 1.807) is 18.3 Å². The number of ether oxygens (including phenoxy) is 1. The number of carbonyl (C=O) groups excluding carboxylic acids is 2. The largest absolute Gasteiger partial charge is 0.465 e. The Kier molecular flexibility index (Phi) is 4.66. The number of likely N-dealkylation sites (tertiary alicyclic amines) is 1. The van der Waals surface area contributed by atoms with E-state index in [0.717, 1.165) is 16.3 Å². The Bertz CT molecular complexity index is 770. The maximum absolute atomic E-state index is 11.8. The first-order chi connectivity index (χ1) is 11.6. The summed E-state index contributed by atoms with van der Waals surface area (Å²) in [5, 5.41) is 0.733. The summed E-state index contributed by atoms with van der Waals surface area (Å²) in [6.07, 6.45) is 2.16. The van der Waals surface area contributed by atoms with Crippen molar-refractivity contribution in [3.63, 3.8) is 0 Å². The lowest BCUT2D eigenvalue weighted by atomic mass is 10.1. The summed E-state index contributed by atoms with van der Waals surface area (Å²) < 4.78 is 4.75. The van der Waals surface area contributed by atoms with Crippen LogP contribution < -0.4 is 4.89 Å². The van der Waals surface area contributed by atoms with Crippen molar-refractivity contribution in [3.8, 4) is 16.3 Å². The fourth-order valence-electron chi connectivity index (χ4n) is 2.13. The second-order valence-corrected chi connectivity index (χ2v) is 6.52. The normalized spacial score (nSPS) is 13.2. The zero-order valence-corrected chi connectivity index (χ0v) is 14.1. The van der Waals surface area contributed by atoms with Crippen LogP contribution >= 0.6 is 11.3 Å². The summed E-state index contributed by atoms with van der Waals surface area (Å²) in [6, 6.07) is 4.78. The molecule has 1 aromatic carbocycles. The van der Waals surface area contributed by atoms with E-state index >= 15 is 0 Å². The van der Waals surface area contributed by atoms with Crippen molar-refractivity contribution in [3.05, 3.63) is 34.8 Å². The molecule has 0 radical (unpaired) electrons. The highest BCUT2D eigenvalue weighted by Crippen LogP contribution is 2.30. The van der Waals surface area contributed by atoms with Gasteiger partial charge in [0.1, 0.15) is 5.01 Å². The first-order valence-corrected chi connectivity index (χ1v) is 8.18. The maximum atomic E-state index is 11.8. The van der Waals surface area contributed by atoms with Gasteiger partial charge in [0, 0.05) is 29.7 Å². The van der Waals surface area contributed by atoms with Gasteiger partial charge in [-0.2, -0.15) is 0 Å². The molecule has 1 aliphatic heterocycles. The van der Waals surface area contributed by atoms with Gasteiger partial charge in [0.05, 0.1) is 12.7 Å². The molecule has 1 fully saturated rings. The fraction of sp³-hybridized carbons (Fsp3) is 0.312. The van der Waals surface area contributed by atoms with Crippen LogP contribution in [0.2, 0.25) is 0 Å². The lowest BCUT2D eigenvalue weighted by molar-refractivity contribution is -0.157. The van der Waals surface area contributed by atoms with Crippen LogP contribution in [0.5, 0.6) is 5.75 Å². The number of esters is 1. The van der Waals surface area contributed by atoms with E-state index in [-0.39, 0.29) is 11.3 Å². The molecular weight excluding hydrogens is 332 g/mol. The van der Waals surface area contributed by atoms with Crippen LogP contribution in [0.1, 0.15) is 21.7 Å². The Balaban J connectivity index is 1.83. The second-order valence-electron chi connectivity index (χ2n) is 5.29. The van der Waals surface area contributed by atoms with E-state index in [9.17, 15) is 9.59 Å². The fourth-order valence-corrected chi connectivity index (χ4v) is 2.88. The highest BCUT2D eigenvalue weighted by atomic mass is 32.1. The summed E-state index contributed by atoms with van der Waals surface area (Å²) in [4.78, 5) is 40.3. The predicted octanol–water partition coefficient (Wildman–Crippen LogP) is 3.04. The molecule has 2 aromatic rings. The molecule has 0 atom stereocenters. The third kappa shape index (κ3) is 3.48. The molecule has 0 unspecified atom stereocenters. The van der Waals surface area contributed by atoms with Crippen molar-refractivity contribution in [2.24, 2.45) is 0 Å². The number of hydrogen-bond acceptors (Lipinski definition) is 7. The summed E-state index contributed by atoms with van der Waals surface area (Å²) in [6.45, 7) is 3.26. The molecule has 126 valence electrons. The minimum atomic E-state index is -0.545. The standard InChI is InChI=1S/C16H16N2O5S/c1-10-9-17-14(24-10)11-6-12(15(19)21-2)8-13(7-11)22-23-16(20)18-4-3-5-18/h6-9H,3-5H2,1-2H3. The topological polar surface area (TPSA) is 78.0 Å². The molecule has 0 saturated carbocycles. The summed E-state index contributed by atoms with van der Waals surface area (Å²) in [7, 11) is 1.30. The number of thiazole rings is 1. The minimum Gasteiger partial charge on any atom is -0.465 e. The average molecular weight is 348 g/mol. The van der Waals surface area contributed by atoms with Gasteiger partial charge in [-0.3, -0.25) is 4.89 Å². The Morgan fingerprint density at radius 2 is 2.04 bits per heavy atom. The molecule has 1 amide bonds. The number of hydrogen-bond donors (Lipinski definition) is 0. The van der Waals surface area contributed by atoms with E-state index < -0.39 is 12.1 Å². The van der Waals surface area contributed by atoms with Crippen LogP contribution in [0, 0.1) is 6.92 Å². The Morgan fingerprint density at radius 1 is 1.25 bits per heavy atom. The van der Waals surface area contributed by atoms with Gasteiger partial charge in [0.15, 0.2) is 5.75 Å². The number of aromatic nitrogens is 1. The first-order valence-electron chi connectivity index (χ1n) is 7.36. The first kappa shape index (κ1) is 16.3. The highest BCUT2D eigenvalue weighted by molar-refractivity contribution is 7.14. The zero-order valence-electron chi connectivity index (χ0n) is 13.3. The van der Waals surface area contributed by atoms with E-state index in [0.29, 0.717) is 18.7 Å². The lowest BCUT2D eigenvalue weighted by Crippen LogP contribution is -2.42. The molecule has 0 spiro atoms. The van der Waals surface area contributed by atoms with Crippen LogP contribution in [0.3, 0.4) is 0 Å². The molecule has 24 heavy (non-hydrogen) atoms. The number of rotatable bonds is 4. The van der Waals surface area contributed by atoms with Gasteiger partial charge in [0.25, 0.3) is 0 Å². The van der Waals surface area contributed by atoms with Gasteiger partial charge < -0.3 is 9.64 Å². The van der Waals surface area contributed by atoms with Crippen molar-refractivity contribution >= 4 is 23.4 Å². The molecule has 0 N–H and O–H groups in total. The van der Waals surface area contributed by atoms with Gasteiger partial charge in [-0.25, -0.2) is 19.5 Å². The van der Waals surface area contributed by atoms with Crippen molar-refractivity contribution in [1.29, 1.82) is 0 Å². The number of benzene rings is 1. The smallest absolute Gasteiger partial charge is 0.452 e. The lowest BCUT2D eigenvalue weighted by Gasteiger charge is -2.28. The van der Waals surface area contributed by atoms with Gasteiger partial charge in [-0.05, 0) is 31.5 Å². The second kappa shape index (κ2) is 6.88. The predicted molar refractivity (Wildman–Crippen MR) is 86.9 cm³/mol. The van der Waals surface area contributed by atoms with E-state index in [2.05, 4.69) is 4.98 Å². The Hall–Kier alpha value is -2.61. The minimum absolute atomic E-state index is 0.231. The molecule has 1 saturated heterocycles. The number of methoxy groups -OCH3 is 1. The molecular formula is C16H16N2O5S.